The summed E-state index contributed by atoms with van der Waals surface area (Å²) in [6.07, 6.45) is 8.96. The van der Waals surface area contributed by atoms with Crippen LogP contribution in [0, 0.1) is 11.3 Å². The zero-order valence-electron chi connectivity index (χ0n) is 20.7. The maximum Gasteiger partial charge on any atom is 0.135 e. The predicted molar refractivity (Wildman–Crippen MR) is 133 cm³/mol. The number of aromatic nitrogens is 1. The van der Waals surface area contributed by atoms with Crippen LogP contribution in [-0.2, 0) is 9.57 Å². The minimum absolute atomic E-state index is 0.000797. The van der Waals surface area contributed by atoms with Gasteiger partial charge in [0.25, 0.3) is 0 Å². The highest BCUT2D eigenvalue weighted by Gasteiger charge is 2.52. The number of dihydropyridines is 1. The number of oxime groups is 1. The van der Waals surface area contributed by atoms with Gasteiger partial charge in [0, 0.05) is 37.7 Å². The van der Waals surface area contributed by atoms with E-state index in [1.165, 1.54) is 11.3 Å². The van der Waals surface area contributed by atoms with Crippen LogP contribution in [0.4, 0.5) is 0 Å². The van der Waals surface area contributed by atoms with Crippen LogP contribution in [0.15, 0.2) is 70.1 Å². The van der Waals surface area contributed by atoms with Gasteiger partial charge in [-0.2, -0.15) is 0 Å². The minimum atomic E-state index is -0.198. The number of fused-ring (bicyclic) bond motifs is 1. The van der Waals surface area contributed by atoms with E-state index in [0.29, 0.717) is 0 Å². The molecular weight excluding hydrogens is 412 g/mol. The van der Waals surface area contributed by atoms with Gasteiger partial charge in [-0.05, 0) is 63.5 Å². The fraction of sp³-hybridized carbons (Fsp3) is 0.519. The summed E-state index contributed by atoms with van der Waals surface area (Å²) in [6.45, 7) is 15.5. The first-order valence-corrected chi connectivity index (χ1v) is 11.8. The van der Waals surface area contributed by atoms with E-state index in [1.54, 1.807) is 7.11 Å². The third kappa shape index (κ3) is 3.95. The van der Waals surface area contributed by atoms with Crippen LogP contribution < -0.4 is 0 Å². The molecule has 3 aliphatic rings. The summed E-state index contributed by atoms with van der Waals surface area (Å²) in [6, 6.07) is 6.24. The smallest absolute Gasteiger partial charge is 0.135 e. The fourth-order valence-electron chi connectivity index (χ4n) is 5.58. The Morgan fingerprint density at radius 2 is 2.15 bits per heavy atom. The molecule has 0 saturated heterocycles. The van der Waals surface area contributed by atoms with Crippen LogP contribution in [0.2, 0.25) is 0 Å². The first kappa shape index (κ1) is 23.4. The first-order valence-electron chi connectivity index (χ1n) is 11.8. The van der Waals surface area contributed by atoms with Crippen LogP contribution in [0.3, 0.4) is 0 Å². The molecule has 2 aliphatic heterocycles. The number of rotatable bonds is 7. The summed E-state index contributed by atoms with van der Waals surface area (Å²) < 4.78 is 6.08. The van der Waals surface area contributed by atoms with Crippen LogP contribution >= 0.6 is 0 Å². The molecule has 0 saturated carbocycles. The van der Waals surface area contributed by atoms with Crippen molar-refractivity contribution >= 4 is 11.9 Å². The Bertz CT molecular complexity index is 1010. The molecule has 176 valence electrons. The van der Waals surface area contributed by atoms with Gasteiger partial charge >= 0.3 is 0 Å². The minimum Gasteiger partial charge on any atom is -0.392 e. The van der Waals surface area contributed by atoms with Gasteiger partial charge in [0.05, 0.1) is 35.0 Å². The highest BCUT2D eigenvalue weighted by atomic mass is 16.6. The molecule has 0 amide bonds. The van der Waals surface area contributed by atoms with Crippen LogP contribution in [0.5, 0.6) is 0 Å². The van der Waals surface area contributed by atoms with Gasteiger partial charge in [-0.15, -0.1) is 6.58 Å². The number of hydrogen-bond acceptors (Lipinski definition) is 6. The number of nitrogens with zero attached hydrogens (tertiary/aromatic N) is 4. The van der Waals surface area contributed by atoms with Gasteiger partial charge in [0.1, 0.15) is 6.10 Å². The van der Waals surface area contributed by atoms with Crippen molar-refractivity contribution in [3.05, 3.63) is 65.7 Å². The highest BCUT2D eigenvalue weighted by molar-refractivity contribution is 5.89. The average molecular weight is 449 g/mol. The molecule has 1 aliphatic carbocycles. The van der Waals surface area contributed by atoms with Crippen LogP contribution in [0.25, 0.3) is 0 Å². The van der Waals surface area contributed by atoms with E-state index in [9.17, 15) is 0 Å². The molecule has 0 fully saturated rings. The van der Waals surface area contributed by atoms with E-state index in [1.807, 2.05) is 30.6 Å². The van der Waals surface area contributed by atoms with Gasteiger partial charge in [-0.25, -0.2) is 0 Å². The Balaban J connectivity index is 1.75. The molecule has 0 radical (unpaired) electrons. The van der Waals surface area contributed by atoms with Crippen molar-refractivity contribution in [2.24, 2.45) is 21.5 Å². The van der Waals surface area contributed by atoms with Crippen LogP contribution in [0.1, 0.15) is 52.8 Å². The lowest BCUT2D eigenvalue weighted by atomic mass is 9.63. The topological polar surface area (TPSA) is 59.3 Å². The molecule has 0 aromatic carbocycles. The third-order valence-corrected chi connectivity index (χ3v) is 7.88. The zero-order chi connectivity index (χ0) is 23.8. The van der Waals surface area contributed by atoms with Crippen molar-refractivity contribution in [2.75, 3.05) is 13.7 Å². The van der Waals surface area contributed by atoms with E-state index < -0.39 is 0 Å². The Kier molecular flexibility index (Phi) is 6.57. The second-order valence-corrected chi connectivity index (χ2v) is 9.57. The molecule has 1 aromatic heterocycles. The molecule has 33 heavy (non-hydrogen) atoms. The van der Waals surface area contributed by atoms with Crippen molar-refractivity contribution in [2.45, 2.75) is 65.3 Å². The zero-order valence-corrected chi connectivity index (χ0v) is 20.7. The van der Waals surface area contributed by atoms with Crippen molar-refractivity contribution in [3.8, 4) is 0 Å². The molecule has 0 N–H and O–H groups in total. The standard InChI is InChI=1S/C27H36N4O2/c1-8-13-31(18(3)23-11-9-10-12-28-23)26-17(2)16-29-24-15-22(25(32-7)14-21(24)26)27(6)19(4)30-33-20(27)5/h8-12,14,16,18,20,22,24-25H,1,13,15H2,2-7H3/t18-,20?,22?,24?,25?,27?/m1/s1. The number of allylic oxidation sites excluding steroid dienone is 1. The fourth-order valence-corrected chi connectivity index (χ4v) is 5.58. The highest BCUT2D eigenvalue weighted by Crippen LogP contribution is 2.49. The number of methoxy groups -OCH3 is 1. The summed E-state index contributed by atoms with van der Waals surface area (Å²) in [5.41, 5.74) is 5.45. The summed E-state index contributed by atoms with van der Waals surface area (Å²) in [4.78, 5) is 17.7. The molecular formula is C27H36N4O2. The molecule has 6 heteroatoms. The maximum absolute atomic E-state index is 6.08. The molecule has 6 atom stereocenters. The van der Waals surface area contributed by atoms with Crippen molar-refractivity contribution in [3.63, 3.8) is 0 Å². The van der Waals surface area contributed by atoms with Crippen LogP contribution in [-0.4, -0.2) is 53.7 Å². The lowest BCUT2D eigenvalue weighted by Gasteiger charge is -2.46. The molecule has 3 heterocycles. The average Bonchev–Trinajstić information content (AvgIpc) is 3.10. The second kappa shape index (κ2) is 9.26. The lowest BCUT2D eigenvalue weighted by Crippen LogP contribution is -2.49. The Hall–Kier alpha value is -2.73. The molecule has 0 spiro atoms. The van der Waals surface area contributed by atoms with Crippen molar-refractivity contribution < 1.29 is 9.57 Å². The predicted octanol–water partition coefficient (Wildman–Crippen LogP) is 5.12. The first-order chi connectivity index (χ1) is 15.8. The van der Waals surface area contributed by atoms with E-state index in [4.69, 9.17) is 14.6 Å². The normalized spacial score (nSPS) is 31.9. The second-order valence-electron chi connectivity index (χ2n) is 9.57. The maximum atomic E-state index is 6.08. The van der Waals surface area contributed by atoms with E-state index >= 15 is 0 Å². The van der Waals surface area contributed by atoms with Gasteiger partial charge in [-0.3, -0.25) is 9.98 Å². The monoisotopic (exact) mass is 448 g/mol. The Labute approximate surface area is 197 Å². The SMILES string of the molecule is C=CCN(C1=C(C)C=NC2CC(C3(C)C(C)=NOC3C)C(OC)C=C12)[C@H](C)c1ccccn1. The van der Waals surface area contributed by atoms with E-state index in [2.05, 4.69) is 68.4 Å². The quantitative estimate of drug-likeness (QED) is 0.543. The third-order valence-electron chi connectivity index (χ3n) is 7.88. The Morgan fingerprint density at radius 3 is 2.76 bits per heavy atom. The Morgan fingerprint density at radius 1 is 1.36 bits per heavy atom. The van der Waals surface area contributed by atoms with Gasteiger partial charge < -0.3 is 14.5 Å². The summed E-state index contributed by atoms with van der Waals surface area (Å²) in [5.74, 6) is 0.218. The molecule has 1 aromatic rings. The number of ether oxygens (including phenoxy) is 1. The molecule has 4 rings (SSSR count). The molecule has 6 nitrogen and oxygen atoms in total. The summed E-state index contributed by atoms with van der Waals surface area (Å²) in [5, 5.41) is 4.32. The molecule has 5 unspecified atom stereocenters. The summed E-state index contributed by atoms with van der Waals surface area (Å²) >= 11 is 0. The summed E-state index contributed by atoms with van der Waals surface area (Å²) in [7, 11) is 1.80. The number of hydrogen-bond donors (Lipinski definition) is 0. The van der Waals surface area contributed by atoms with Crippen molar-refractivity contribution in [1.29, 1.82) is 0 Å². The number of aliphatic imine (C=N–C) groups is 1. The van der Waals surface area contributed by atoms with Gasteiger partial charge in [-0.1, -0.05) is 24.2 Å². The van der Waals surface area contributed by atoms with Crippen molar-refractivity contribution in [1.82, 2.24) is 9.88 Å². The number of pyridine rings is 1. The van der Waals surface area contributed by atoms with E-state index in [-0.39, 0.29) is 35.6 Å². The lowest BCUT2D eigenvalue weighted by molar-refractivity contribution is -0.0289. The van der Waals surface area contributed by atoms with Gasteiger partial charge in [0.2, 0.25) is 0 Å². The van der Waals surface area contributed by atoms with Gasteiger partial charge in [0.15, 0.2) is 0 Å². The largest absolute Gasteiger partial charge is 0.392 e. The van der Waals surface area contributed by atoms with E-state index in [0.717, 1.165) is 29.9 Å². The molecule has 0 bridgehead atoms.